The van der Waals surface area contributed by atoms with Crippen molar-refractivity contribution in [2.75, 3.05) is 0 Å². The molecule has 224 valence electrons. The quantitative estimate of drug-likeness (QED) is 0.111. The summed E-state index contributed by atoms with van der Waals surface area (Å²) < 4.78 is 8.88. The molecule has 0 aliphatic heterocycles. The van der Waals surface area contributed by atoms with E-state index in [1.54, 1.807) is 18.2 Å². The monoisotopic (exact) mass is 608 g/mol. The van der Waals surface area contributed by atoms with Crippen LogP contribution >= 0.6 is 7.82 Å². The molecule has 6 aromatic carbocycles. The fourth-order valence-corrected chi connectivity index (χ4v) is 4.01. The van der Waals surface area contributed by atoms with Crippen molar-refractivity contribution in [3.05, 3.63) is 164 Å². The predicted molar refractivity (Wildman–Crippen MR) is 175 cm³/mol. The molecule has 0 aliphatic rings. The van der Waals surface area contributed by atoms with Crippen molar-refractivity contribution in [2.24, 2.45) is 0 Å². The minimum Gasteiger partial charge on any atom is -0.507 e. The van der Waals surface area contributed by atoms with Crippen LogP contribution in [-0.2, 0) is 4.57 Å². The Morgan fingerprint density at radius 1 is 0.318 bits per heavy atom. The number of rotatable bonds is 3. The maximum Gasteiger partial charge on any atom is 0.466 e. The van der Waals surface area contributed by atoms with Crippen LogP contribution in [0.3, 0.4) is 0 Å². The zero-order chi connectivity index (χ0) is 31.8. The molecule has 7 nitrogen and oxygen atoms in total. The average molecular weight is 609 g/mol. The van der Waals surface area contributed by atoms with Crippen molar-refractivity contribution in [1.29, 1.82) is 0 Å². The van der Waals surface area contributed by atoms with Gasteiger partial charge in [-0.3, -0.25) is 0 Å². The first kappa shape index (κ1) is 33.3. The molecule has 0 aliphatic carbocycles. The minimum atomic E-state index is -4.64. The summed E-state index contributed by atoms with van der Waals surface area (Å²) in [5.74, 6) is 0.983. The van der Waals surface area contributed by atoms with E-state index in [0.717, 1.165) is 33.4 Å². The maximum atomic E-state index is 9.56. The second-order valence-corrected chi connectivity index (χ2v) is 10.2. The van der Waals surface area contributed by atoms with Gasteiger partial charge in [0.1, 0.15) is 17.2 Å². The molecular weight excluding hydrogens is 575 g/mol. The van der Waals surface area contributed by atoms with Crippen LogP contribution in [0.5, 0.6) is 17.2 Å². The van der Waals surface area contributed by atoms with E-state index in [-0.39, 0.29) is 0 Å². The van der Waals surface area contributed by atoms with Gasteiger partial charge in [0, 0.05) is 16.7 Å². The van der Waals surface area contributed by atoms with Crippen molar-refractivity contribution < 1.29 is 34.6 Å². The van der Waals surface area contributed by atoms with Gasteiger partial charge in [-0.15, -0.1) is 0 Å². The summed E-state index contributed by atoms with van der Waals surface area (Å²) in [5.41, 5.74) is 5.76. The predicted octanol–water partition coefficient (Wildman–Crippen LogP) is 8.25. The number of aromatic hydroxyl groups is 3. The van der Waals surface area contributed by atoms with Gasteiger partial charge < -0.3 is 30.0 Å². The summed E-state index contributed by atoms with van der Waals surface area (Å²) in [6.45, 7) is 0. The Morgan fingerprint density at radius 2 is 0.500 bits per heavy atom. The second-order valence-electron chi connectivity index (χ2n) is 9.16. The highest BCUT2D eigenvalue weighted by Crippen LogP contribution is 2.29. The van der Waals surface area contributed by atoms with Crippen molar-refractivity contribution in [1.82, 2.24) is 0 Å². The van der Waals surface area contributed by atoms with E-state index in [9.17, 15) is 15.3 Å². The molecule has 0 aromatic heterocycles. The molecule has 0 saturated carbocycles. The number of phosphoric acid groups is 1. The highest BCUT2D eigenvalue weighted by molar-refractivity contribution is 7.45. The fourth-order valence-electron chi connectivity index (χ4n) is 4.01. The normalized spacial score (nSPS) is 10.1. The van der Waals surface area contributed by atoms with Gasteiger partial charge in [0.15, 0.2) is 0 Å². The van der Waals surface area contributed by atoms with E-state index < -0.39 is 7.82 Å². The maximum absolute atomic E-state index is 9.56. The van der Waals surface area contributed by atoms with Crippen LogP contribution in [-0.4, -0.2) is 30.0 Å². The molecule has 6 N–H and O–H groups in total. The Bertz CT molecular complexity index is 1540. The lowest BCUT2D eigenvalue weighted by molar-refractivity contribution is 0.275. The molecule has 0 spiro atoms. The van der Waals surface area contributed by atoms with Gasteiger partial charge in [-0.1, -0.05) is 146 Å². The van der Waals surface area contributed by atoms with E-state index >= 15 is 0 Å². The molecule has 6 aromatic rings. The lowest BCUT2D eigenvalue weighted by Gasteiger charge is -2.02. The van der Waals surface area contributed by atoms with E-state index in [2.05, 4.69) is 0 Å². The Kier molecular flexibility index (Phi) is 12.9. The number of hydrogen-bond donors (Lipinski definition) is 6. The summed E-state index contributed by atoms with van der Waals surface area (Å²) in [6, 6.07) is 51.6. The fraction of sp³-hybridized carbons (Fsp3) is 0. The lowest BCUT2D eigenvalue weighted by atomic mass is 10.1. The van der Waals surface area contributed by atoms with Gasteiger partial charge in [0.25, 0.3) is 0 Å². The first-order chi connectivity index (χ1) is 21.1. The van der Waals surface area contributed by atoms with Crippen LogP contribution in [0.4, 0.5) is 0 Å². The Morgan fingerprint density at radius 3 is 0.705 bits per heavy atom. The highest BCUT2D eigenvalue weighted by atomic mass is 31.2. The van der Waals surface area contributed by atoms with Gasteiger partial charge in [-0.2, -0.15) is 0 Å². The van der Waals surface area contributed by atoms with Crippen molar-refractivity contribution in [3.63, 3.8) is 0 Å². The van der Waals surface area contributed by atoms with Gasteiger partial charge >= 0.3 is 7.82 Å². The Balaban J connectivity index is 0.000000168. The smallest absolute Gasteiger partial charge is 0.466 e. The van der Waals surface area contributed by atoms with Crippen molar-refractivity contribution >= 4 is 7.82 Å². The first-order valence-corrected chi connectivity index (χ1v) is 15.0. The molecule has 6 rings (SSSR count). The number of hydrogen-bond acceptors (Lipinski definition) is 4. The summed E-state index contributed by atoms with van der Waals surface area (Å²) in [5, 5.41) is 28.7. The molecule has 0 radical (unpaired) electrons. The van der Waals surface area contributed by atoms with Crippen LogP contribution < -0.4 is 0 Å². The molecule has 0 atom stereocenters. The average Bonchev–Trinajstić information content (AvgIpc) is 3.03. The molecule has 0 heterocycles. The van der Waals surface area contributed by atoms with Gasteiger partial charge in [0.2, 0.25) is 0 Å². The van der Waals surface area contributed by atoms with Crippen molar-refractivity contribution in [2.45, 2.75) is 0 Å². The van der Waals surface area contributed by atoms with E-state index in [1.165, 1.54) is 0 Å². The highest BCUT2D eigenvalue weighted by Gasteiger charge is 2.02. The number of phenols is 3. The van der Waals surface area contributed by atoms with Crippen LogP contribution in [0, 0.1) is 0 Å². The lowest BCUT2D eigenvalue weighted by Crippen LogP contribution is -1.76. The molecule has 0 saturated heterocycles. The molecule has 44 heavy (non-hydrogen) atoms. The van der Waals surface area contributed by atoms with Gasteiger partial charge in [0.05, 0.1) is 0 Å². The van der Waals surface area contributed by atoms with Crippen LogP contribution in [0.2, 0.25) is 0 Å². The minimum absolute atomic E-state index is 0.328. The topological polar surface area (TPSA) is 138 Å². The van der Waals surface area contributed by atoms with E-state index in [0.29, 0.717) is 17.2 Å². The number of benzene rings is 6. The molecule has 0 amide bonds. The molecule has 8 heteroatoms. The number of para-hydroxylation sites is 3. The third-order valence-electron chi connectivity index (χ3n) is 5.97. The largest absolute Gasteiger partial charge is 0.507 e. The van der Waals surface area contributed by atoms with Gasteiger partial charge in [-0.05, 0) is 34.9 Å². The van der Waals surface area contributed by atoms with E-state index in [4.69, 9.17) is 19.2 Å². The Labute approximate surface area is 256 Å². The SMILES string of the molecule is O=P(O)(O)O.Oc1ccccc1-c1ccccc1.Oc1ccccc1-c1ccccc1.Oc1ccccc1-c1ccccc1. The third-order valence-corrected chi connectivity index (χ3v) is 5.97. The molecular formula is C36H33O7P. The molecule has 0 fully saturated rings. The summed E-state index contributed by atoms with van der Waals surface area (Å²) in [7, 11) is -4.64. The second kappa shape index (κ2) is 17.1. The summed E-state index contributed by atoms with van der Waals surface area (Å²) in [6.07, 6.45) is 0. The van der Waals surface area contributed by atoms with Crippen LogP contribution in [0.25, 0.3) is 33.4 Å². The van der Waals surface area contributed by atoms with Gasteiger partial charge in [-0.25, -0.2) is 4.57 Å². The third kappa shape index (κ3) is 11.6. The van der Waals surface area contributed by atoms with Crippen LogP contribution in [0.15, 0.2) is 164 Å². The summed E-state index contributed by atoms with van der Waals surface area (Å²) >= 11 is 0. The Hall–Kier alpha value is -5.17. The van der Waals surface area contributed by atoms with Crippen LogP contribution in [0.1, 0.15) is 0 Å². The molecule has 0 unspecified atom stereocenters. The standard InChI is InChI=1S/3C12H10O.H3O4P/c3*13-12-9-5-4-8-11(12)10-6-2-1-3-7-10;1-5(2,3)4/h3*1-9,13H;(H3,1,2,3,4). The zero-order valence-electron chi connectivity index (χ0n) is 23.6. The number of phenolic OH excluding ortho intramolecular Hbond substituents is 3. The van der Waals surface area contributed by atoms with E-state index in [1.807, 2.05) is 146 Å². The zero-order valence-corrected chi connectivity index (χ0v) is 24.5. The summed E-state index contributed by atoms with van der Waals surface area (Å²) in [4.78, 5) is 21.6. The van der Waals surface area contributed by atoms with Crippen molar-refractivity contribution in [3.8, 4) is 50.6 Å². The first-order valence-electron chi connectivity index (χ1n) is 13.4. The molecule has 0 bridgehead atoms.